The van der Waals surface area contributed by atoms with Crippen molar-refractivity contribution in [1.29, 1.82) is 0 Å². The fourth-order valence-electron chi connectivity index (χ4n) is 5.07. The molecule has 6 nitrogen and oxygen atoms in total. The number of rotatable bonds is 4. The molecular weight excluding hydrogens is 392 g/mol. The average Bonchev–Trinajstić information content (AvgIpc) is 3.04. The first-order chi connectivity index (χ1) is 14.7. The fourth-order valence-corrected chi connectivity index (χ4v) is 5.33. The zero-order valence-electron chi connectivity index (χ0n) is 18.5. The summed E-state index contributed by atoms with van der Waals surface area (Å²) in [6.07, 6.45) is 14.0. The molecule has 2 aliphatic heterocycles. The molecule has 0 bridgehead atoms. The number of piperidine rings is 1. The minimum Gasteiger partial charge on any atom is -0.360 e. The fraction of sp³-hybridized carbons (Fsp3) is 0.783. The lowest BCUT2D eigenvalue weighted by Gasteiger charge is -2.33. The summed E-state index contributed by atoms with van der Waals surface area (Å²) in [4.78, 5) is 14.7. The minimum absolute atomic E-state index is 0.481. The number of nitrogens with zero attached hydrogens (tertiary/aromatic N) is 4. The summed E-state index contributed by atoms with van der Waals surface area (Å²) in [6, 6.07) is 2.68. The molecule has 1 atom stereocenters. The van der Waals surface area contributed by atoms with Crippen molar-refractivity contribution >= 4 is 34.9 Å². The Hall–Kier alpha value is -1.63. The van der Waals surface area contributed by atoms with Crippen molar-refractivity contribution < 1.29 is 0 Å². The molecule has 0 amide bonds. The third kappa shape index (κ3) is 5.96. The van der Waals surface area contributed by atoms with E-state index in [0.717, 1.165) is 37.8 Å². The summed E-state index contributed by atoms with van der Waals surface area (Å²) in [5, 5.41) is 7.48. The Labute approximate surface area is 187 Å². The van der Waals surface area contributed by atoms with Crippen LogP contribution in [0.1, 0.15) is 77.6 Å². The normalized spacial score (nSPS) is 23.7. The highest BCUT2D eigenvalue weighted by Gasteiger charge is 2.22. The molecule has 0 radical (unpaired) electrons. The van der Waals surface area contributed by atoms with E-state index in [9.17, 15) is 0 Å². The Bertz CT molecular complexity index is 677. The standard InChI is InChI=1S/C23H38N6S/c1-18-10-9-15-29(17-18)21-16-20(28-13-7-2-3-8-14-28)25-22(26-21)27-23(30)24-19-11-5-4-6-12-19/h16,18-19H,2-15,17H2,1H3,(H2,24,25,26,27,30)/t18-/m0/s1. The van der Waals surface area contributed by atoms with Crippen LogP contribution in [0.4, 0.5) is 17.6 Å². The van der Waals surface area contributed by atoms with E-state index in [4.69, 9.17) is 22.2 Å². The molecule has 166 valence electrons. The van der Waals surface area contributed by atoms with Crippen LogP contribution in [-0.2, 0) is 0 Å². The van der Waals surface area contributed by atoms with Crippen LogP contribution in [0.15, 0.2) is 6.07 Å². The van der Waals surface area contributed by atoms with Crippen molar-refractivity contribution in [3.63, 3.8) is 0 Å². The number of thiocarbonyl (C=S) groups is 1. The van der Waals surface area contributed by atoms with Gasteiger partial charge in [0.2, 0.25) is 5.95 Å². The van der Waals surface area contributed by atoms with Gasteiger partial charge in [0.05, 0.1) is 0 Å². The van der Waals surface area contributed by atoms with E-state index in [2.05, 4.69) is 33.4 Å². The van der Waals surface area contributed by atoms with Gasteiger partial charge in [-0.15, -0.1) is 0 Å². The molecule has 3 heterocycles. The summed E-state index contributed by atoms with van der Waals surface area (Å²) < 4.78 is 0. The highest BCUT2D eigenvalue weighted by molar-refractivity contribution is 7.80. The van der Waals surface area contributed by atoms with E-state index in [1.54, 1.807) is 0 Å². The number of hydrogen-bond acceptors (Lipinski definition) is 5. The van der Waals surface area contributed by atoms with E-state index in [-0.39, 0.29) is 0 Å². The van der Waals surface area contributed by atoms with E-state index < -0.39 is 0 Å². The second-order valence-corrected chi connectivity index (χ2v) is 9.84. The minimum atomic E-state index is 0.481. The van der Waals surface area contributed by atoms with Crippen LogP contribution in [0.25, 0.3) is 0 Å². The molecule has 3 fully saturated rings. The monoisotopic (exact) mass is 430 g/mol. The molecule has 1 saturated carbocycles. The third-order valence-electron chi connectivity index (χ3n) is 6.78. The Morgan fingerprint density at radius 3 is 2.20 bits per heavy atom. The third-order valence-corrected chi connectivity index (χ3v) is 7.00. The van der Waals surface area contributed by atoms with Gasteiger partial charge in [0.25, 0.3) is 0 Å². The molecule has 0 aromatic carbocycles. The van der Waals surface area contributed by atoms with Crippen LogP contribution in [0, 0.1) is 5.92 Å². The molecule has 30 heavy (non-hydrogen) atoms. The quantitative estimate of drug-likeness (QED) is 0.671. The predicted octanol–water partition coefficient (Wildman–Crippen LogP) is 4.71. The Morgan fingerprint density at radius 1 is 0.867 bits per heavy atom. The molecule has 2 N–H and O–H groups in total. The van der Waals surface area contributed by atoms with Crippen molar-refractivity contribution in [3.8, 4) is 0 Å². The van der Waals surface area contributed by atoms with Crippen molar-refractivity contribution in [1.82, 2.24) is 15.3 Å². The Balaban J connectivity index is 1.52. The largest absolute Gasteiger partial charge is 0.360 e. The molecule has 0 spiro atoms. The molecule has 1 aromatic rings. The topological polar surface area (TPSA) is 56.3 Å². The highest BCUT2D eigenvalue weighted by atomic mass is 32.1. The maximum absolute atomic E-state index is 5.63. The van der Waals surface area contributed by atoms with E-state index in [0.29, 0.717) is 23.0 Å². The summed E-state index contributed by atoms with van der Waals surface area (Å²) in [5.41, 5.74) is 0. The first-order valence-corrected chi connectivity index (χ1v) is 12.5. The van der Waals surface area contributed by atoms with Crippen molar-refractivity contribution in [2.24, 2.45) is 5.92 Å². The SMILES string of the molecule is C[C@H]1CCCN(c2cc(N3CCCCCC3)nc(NC(=S)NC3CCCCC3)n2)C1. The summed E-state index contributed by atoms with van der Waals surface area (Å²) in [7, 11) is 0. The van der Waals surface area contributed by atoms with Gasteiger partial charge in [0, 0.05) is 38.3 Å². The molecular formula is C23H38N6S. The van der Waals surface area contributed by atoms with Gasteiger partial charge in [-0.05, 0) is 56.7 Å². The molecule has 1 aromatic heterocycles. The predicted molar refractivity (Wildman–Crippen MR) is 130 cm³/mol. The molecule has 4 rings (SSSR count). The van der Waals surface area contributed by atoms with Crippen molar-refractivity contribution in [2.75, 3.05) is 41.3 Å². The molecule has 7 heteroatoms. The van der Waals surface area contributed by atoms with Gasteiger partial charge >= 0.3 is 0 Å². The summed E-state index contributed by atoms with van der Waals surface area (Å²) in [6.45, 7) is 6.64. The zero-order chi connectivity index (χ0) is 20.8. The van der Waals surface area contributed by atoms with Gasteiger partial charge in [-0.2, -0.15) is 9.97 Å². The van der Waals surface area contributed by atoms with Gasteiger partial charge in [-0.25, -0.2) is 0 Å². The lowest BCUT2D eigenvalue weighted by molar-refractivity contribution is 0.414. The smallest absolute Gasteiger partial charge is 0.232 e. The Morgan fingerprint density at radius 2 is 1.50 bits per heavy atom. The number of nitrogens with one attached hydrogen (secondary N) is 2. The van der Waals surface area contributed by atoms with Gasteiger partial charge in [-0.3, -0.25) is 0 Å². The van der Waals surface area contributed by atoms with Gasteiger partial charge in [-0.1, -0.05) is 39.0 Å². The number of anilines is 3. The first kappa shape index (κ1) is 21.6. The second kappa shape index (κ2) is 10.6. The zero-order valence-corrected chi connectivity index (χ0v) is 19.4. The van der Waals surface area contributed by atoms with Crippen molar-refractivity contribution in [2.45, 2.75) is 83.6 Å². The molecule has 3 aliphatic rings. The van der Waals surface area contributed by atoms with E-state index in [1.807, 2.05) is 0 Å². The second-order valence-electron chi connectivity index (χ2n) is 9.44. The Kier molecular flexibility index (Phi) is 7.63. The summed E-state index contributed by atoms with van der Waals surface area (Å²) in [5.74, 6) is 3.43. The molecule has 2 saturated heterocycles. The lowest BCUT2D eigenvalue weighted by Crippen LogP contribution is -2.39. The first-order valence-electron chi connectivity index (χ1n) is 12.1. The van der Waals surface area contributed by atoms with Crippen LogP contribution < -0.4 is 20.4 Å². The van der Waals surface area contributed by atoms with Crippen LogP contribution in [-0.4, -0.2) is 47.3 Å². The van der Waals surface area contributed by atoms with Crippen LogP contribution in [0.3, 0.4) is 0 Å². The van der Waals surface area contributed by atoms with Crippen LogP contribution in [0.2, 0.25) is 0 Å². The van der Waals surface area contributed by atoms with E-state index >= 15 is 0 Å². The number of aromatic nitrogens is 2. The van der Waals surface area contributed by atoms with Gasteiger partial charge < -0.3 is 20.4 Å². The van der Waals surface area contributed by atoms with Crippen LogP contribution in [0.5, 0.6) is 0 Å². The van der Waals surface area contributed by atoms with E-state index in [1.165, 1.54) is 70.6 Å². The van der Waals surface area contributed by atoms with Crippen molar-refractivity contribution in [3.05, 3.63) is 6.07 Å². The summed E-state index contributed by atoms with van der Waals surface area (Å²) >= 11 is 5.63. The average molecular weight is 431 g/mol. The lowest BCUT2D eigenvalue weighted by atomic mass is 9.96. The maximum Gasteiger partial charge on any atom is 0.232 e. The molecule has 0 unspecified atom stereocenters. The maximum atomic E-state index is 5.63. The molecule has 1 aliphatic carbocycles. The number of hydrogen-bond donors (Lipinski definition) is 2. The highest BCUT2D eigenvalue weighted by Crippen LogP contribution is 2.27. The van der Waals surface area contributed by atoms with Gasteiger partial charge in [0.15, 0.2) is 5.11 Å². The van der Waals surface area contributed by atoms with Crippen LogP contribution >= 0.6 is 12.2 Å². The van der Waals surface area contributed by atoms with Gasteiger partial charge in [0.1, 0.15) is 11.6 Å².